The predicted molar refractivity (Wildman–Crippen MR) is 117 cm³/mol. The molecule has 0 spiro atoms. The normalized spacial score (nSPS) is 12.9. The van der Waals surface area contributed by atoms with Crippen molar-refractivity contribution in [3.63, 3.8) is 0 Å². The fourth-order valence-electron chi connectivity index (χ4n) is 3.56. The summed E-state index contributed by atoms with van der Waals surface area (Å²) >= 11 is 0. The number of benzene rings is 3. The van der Waals surface area contributed by atoms with Gasteiger partial charge in [0.05, 0.1) is 23.3 Å². The number of anilines is 2. The van der Waals surface area contributed by atoms with Crippen molar-refractivity contribution >= 4 is 33.3 Å². The lowest BCUT2D eigenvalue weighted by atomic mass is 10.1. The van der Waals surface area contributed by atoms with Gasteiger partial charge in [0.1, 0.15) is 0 Å². The van der Waals surface area contributed by atoms with Crippen LogP contribution in [0, 0.1) is 0 Å². The van der Waals surface area contributed by atoms with E-state index in [2.05, 4.69) is 4.72 Å². The number of hydrogen-bond donors (Lipinski definition) is 1. The zero-order valence-electron chi connectivity index (χ0n) is 16.7. The largest absolute Gasteiger partial charge is 0.465 e. The molecule has 0 atom stereocenters. The Bertz CT molecular complexity index is 1260. The van der Waals surface area contributed by atoms with Crippen LogP contribution in [0.15, 0.2) is 77.7 Å². The van der Waals surface area contributed by atoms with Crippen molar-refractivity contribution in [2.75, 3.05) is 23.3 Å². The number of esters is 1. The van der Waals surface area contributed by atoms with Crippen molar-refractivity contribution in [1.29, 1.82) is 0 Å². The average molecular weight is 436 g/mol. The standard InChI is InChI=1S/C23H20N2O5S/c1-30-23(27)19-9-5-6-10-20(19)24-31(28,29)18-11-12-21-17(15-18)13-14-25(21)22(26)16-7-3-2-4-8-16/h2-12,15,24H,13-14H2,1H3. The van der Waals surface area contributed by atoms with Crippen LogP contribution in [0.4, 0.5) is 11.4 Å². The fraction of sp³-hybridized carbons (Fsp3) is 0.130. The van der Waals surface area contributed by atoms with Gasteiger partial charge >= 0.3 is 5.97 Å². The van der Waals surface area contributed by atoms with Gasteiger partial charge in [0.2, 0.25) is 0 Å². The maximum atomic E-state index is 13.0. The molecule has 0 bridgehead atoms. The highest BCUT2D eigenvalue weighted by atomic mass is 32.2. The number of amides is 1. The molecule has 0 radical (unpaired) electrons. The third-order valence-corrected chi connectivity index (χ3v) is 6.46. The molecule has 1 heterocycles. The number of nitrogens with zero attached hydrogens (tertiary/aromatic N) is 1. The first-order chi connectivity index (χ1) is 14.9. The van der Waals surface area contributed by atoms with Gasteiger partial charge in [-0.3, -0.25) is 9.52 Å². The number of rotatable bonds is 5. The second-order valence-corrected chi connectivity index (χ2v) is 8.69. The number of ether oxygens (including phenoxy) is 1. The summed E-state index contributed by atoms with van der Waals surface area (Å²) in [5, 5.41) is 0. The minimum Gasteiger partial charge on any atom is -0.465 e. The highest BCUT2D eigenvalue weighted by Crippen LogP contribution is 2.32. The van der Waals surface area contributed by atoms with E-state index in [0.717, 1.165) is 5.56 Å². The number of para-hydroxylation sites is 1. The Labute approximate surface area is 180 Å². The van der Waals surface area contributed by atoms with E-state index in [9.17, 15) is 18.0 Å². The topological polar surface area (TPSA) is 92.8 Å². The first-order valence-corrected chi connectivity index (χ1v) is 11.1. The smallest absolute Gasteiger partial charge is 0.339 e. The number of methoxy groups -OCH3 is 1. The summed E-state index contributed by atoms with van der Waals surface area (Å²) in [5.74, 6) is -0.762. The van der Waals surface area contributed by atoms with Gasteiger partial charge in [-0.15, -0.1) is 0 Å². The van der Waals surface area contributed by atoms with Crippen LogP contribution in [0.25, 0.3) is 0 Å². The number of fused-ring (bicyclic) bond motifs is 1. The molecular formula is C23H20N2O5S. The molecule has 0 aromatic heterocycles. The number of sulfonamides is 1. The molecule has 8 heteroatoms. The Balaban J connectivity index is 1.61. The molecule has 1 amide bonds. The monoisotopic (exact) mass is 436 g/mol. The first-order valence-electron chi connectivity index (χ1n) is 9.61. The lowest BCUT2D eigenvalue weighted by Crippen LogP contribution is -2.28. The number of hydrogen-bond acceptors (Lipinski definition) is 5. The van der Waals surface area contributed by atoms with Crippen molar-refractivity contribution in [2.24, 2.45) is 0 Å². The summed E-state index contributed by atoms with van der Waals surface area (Å²) in [4.78, 5) is 26.5. The van der Waals surface area contributed by atoms with Gasteiger partial charge in [0.25, 0.3) is 15.9 Å². The summed E-state index contributed by atoms with van der Waals surface area (Å²) in [5.41, 5.74) is 2.30. The first kappa shape index (κ1) is 20.6. The molecule has 31 heavy (non-hydrogen) atoms. The van der Waals surface area contributed by atoms with Gasteiger partial charge in [-0.1, -0.05) is 30.3 Å². The van der Waals surface area contributed by atoms with Crippen LogP contribution in [-0.2, 0) is 21.2 Å². The third kappa shape index (κ3) is 4.02. The summed E-state index contributed by atoms with van der Waals surface area (Å²) < 4.78 is 33.1. The van der Waals surface area contributed by atoms with Crippen LogP contribution in [-0.4, -0.2) is 33.9 Å². The van der Waals surface area contributed by atoms with E-state index in [1.807, 2.05) is 6.07 Å². The van der Waals surface area contributed by atoms with Gasteiger partial charge in [-0.25, -0.2) is 13.2 Å². The summed E-state index contributed by atoms with van der Waals surface area (Å²) in [6.07, 6.45) is 0.552. The molecule has 3 aromatic rings. The van der Waals surface area contributed by atoms with Gasteiger partial charge < -0.3 is 9.64 Å². The van der Waals surface area contributed by atoms with Crippen LogP contribution in [0.3, 0.4) is 0 Å². The van der Waals surface area contributed by atoms with Crippen LogP contribution in [0.5, 0.6) is 0 Å². The van der Waals surface area contributed by atoms with Crippen LogP contribution >= 0.6 is 0 Å². The van der Waals surface area contributed by atoms with Crippen LogP contribution in [0.2, 0.25) is 0 Å². The molecular weight excluding hydrogens is 416 g/mol. The lowest BCUT2D eigenvalue weighted by molar-refractivity contribution is 0.0602. The maximum absolute atomic E-state index is 13.0. The number of carbonyl (C=O) groups is 2. The van der Waals surface area contributed by atoms with E-state index in [0.29, 0.717) is 24.2 Å². The summed E-state index contributed by atoms with van der Waals surface area (Å²) in [6.45, 7) is 0.477. The van der Waals surface area contributed by atoms with Gasteiger partial charge in [0.15, 0.2) is 0 Å². The van der Waals surface area contributed by atoms with Gasteiger partial charge in [-0.2, -0.15) is 0 Å². The zero-order valence-corrected chi connectivity index (χ0v) is 17.6. The van der Waals surface area contributed by atoms with Crippen molar-refractivity contribution in [1.82, 2.24) is 0 Å². The lowest BCUT2D eigenvalue weighted by Gasteiger charge is -2.18. The summed E-state index contributed by atoms with van der Waals surface area (Å²) in [7, 11) is -2.72. The second kappa shape index (κ2) is 8.23. The quantitative estimate of drug-likeness (QED) is 0.618. The zero-order chi connectivity index (χ0) is 22.0. The molecule has 1 aliphatic rings. The minimum atomic E-state index is -3.95. The highest BCUT2D eigenvalue weighted by Gasteiger charge is 2.28. The minimum absolute atomic E-state index is 0.0555. The Morgan fingerprint density at radius 2 is 1.68 bits per heavy atom. The Kier molecular flexibility index (Phi) is 5.48. The van der Waals surface area contributed by atoms with Gasteiger partial charge in [0, 0.05) is 17.8 Å². The molecule has 0 unspecified atom stereocenters. The molecule has 1 aliphatic heterocycles. The molecule has 7 nitrogen and oxygen atoms in total. The van der Waals surface area contributed by atoms with Crippen molar-refractivity contribution < 1.29 is 22.7 Å². The molecule has 0 saturated heterocycles. The molecule has 0 fully saturated rings. The molecule has 0 saturated carbocycles. The van der Waals surface area contributed by atoms with Crippen LogP contribution < -0.4 is 9.62 Å². The molecule has 1 N–H and O–H groups in total. The number of nitrogens with one attached hydrogen (secondary N) is 1. The van der Waals surface area contributed by atoms with E-state index in [1.165, 1.54) is 25.3 Å². The summed E-state index contributed by atoms with van der Waals surface area (Å²) in [6, 6.07) is 19.9. The van der Waals surface area contributed by atoms with E-state index in [4.69, 9.17) is 4.74 Å². The molecule has 158 valence electrons. The fourth-order valence-corrected chi connectivity index (χ4v) is 4.69. The second-order valence-electron chi connectivity index (χ2n) is 7.01. The highest BCUT2D eigenvalue weighted by molar-refractivity contribution is 7.92. The Morgan fingerprint density at radius 3 is 2.42 bits per heavy atom. The Morgan fingerprint density at radius 1 is 0.968 bits per heavy atom. The van der Waals surface area contributed by atoms with E-state index < -0.39 is 16.0 Å². The maximum Gasteiger partial charge on any atom is 0.339 e. The average Bonchev–Trinajstić information content (AvgIpc) is 3.22. The van der Waals surface area contributed by atoms with Crippen molar-refractivity contribution in [2.45, 2.75) is 11.3 Å². The van der Waals surface area contributed by atoms with Crippen LogP contribution in [0.1, 0.15) is 26.3 Å². The number of carbonyl (C=O) groups excluding carboxylic acids is 2. The Hall–Kier alpha value is -3.65. The SMILES string of the molecule is COC(=O)c1ccccc1NS(=O)(=O)c1ccc2c(c1)CCN2C(=O)c1ccccc1. The third-order valence-electron chi connectivity index (χ3n) is 5.10. The molecule has 3 aromatic carbocycles. The van der Waals surface area contributed by atoms with Gasteiger partial charge in [-0.05, 0) is 54.4 Å². The van der Waals surface area contributed by atoms with Crippen molar-refractivity contribution in [3.05, 3.63) is 89.5 Å². The van der Waals surface area contributed by atoms with Crippen molar-refractivity contribution in [3.8, 4) is 0 Å². The van der Waals surface area contributed by atoms with E-state index in [-0.39, 0.29) is 22.1 Å². The van der Waals surface area contributed by atoms with E-state index in [1.54, 1.807) is 53.4 Å². The predicted octanol–water partition coefficient (Wildman–Crippen LogP) is 3.48. The molecule has 0 aliphatic carbocycles. The molecule has 4 rings (SSSR count). The van der Waals surface area contributed by atoms with E-state index >= 15 is 0 Å².